The predicted molar refractivity (Wildman–Crippen MR) is 92.7 cm³/mol. The Balaban J connectivity index is 3.31. The van der Waals surface area contributed by atoms with Gasteiger partial charge in [0.2, 0.25) is 0 Å². The van der Waals surface area contributed by atoms with Gasteiger partial charge in [-0.25, -0.2) is 0 Å². The number of rotatable bonds is 9. The summed E-state index contributed by atoms with van der Waals surface area (Å²) in [5.41, 5.74) is 0.161. The highest BCUT2D eigenvalue weighted by Gasteiger charge is 2.26. The van der Waals surface area contributed by atoms with Gasteiger partial charge in [0.25, 0.3) is 5.91 Å². The second-order valence-corrected chi connectivity index (χ2v) is 6.50. The summed E-state index contributed by atoms with van der Waals surface area (Å²) in [6, 6.07) is 4.50. The second kappa shape index (κ2) is 8.89. The van der Waals surface area contributed by atoms with Crippen molar-refractivity contribution in [2.45, 2.75) is 27.7 Å². The molecule has 0 aliphatic carbocycles. The van der Waals surface area contributed by atoms with E-state index in [1.54, 1.807) is 24.8 Å². The van der Waals surface area contributed by atoms with Crippen molar-refractivity contribution in [3.05, 3.63) is 23.8 Å². The third-order valence-corrected chi connectivity index (χ3v) is 5.22. The summed E-state index contributed by atoms with van der Waals surface area (Å²) in [5, 5.41) is 0. The normalized spacial score (nSPS) is 11.4. The monoisotopic (exact) mass is 358 g/mol. The number of hydrogen-bond acceptors (Lipinski definition) is 5. The molecule has 0 bridgehead atoms. The summed E-state index contributed by atoms with van der Waals surface area (Å²) in [4.78, 5) is 14.3. The third kappa shape index (κ3) is 4.61. The average Bonchev–Trinajstić information content (AvgIpc) is 2.56. The Morgan fingerprint density at radius 2 is 1.62 bits per heavy atom. The fourth-order valence-corrected chi connectivity index (χ4v) is 3.37. The van der Waals surface area contributed by atoms with E-state index in [1.807, 2.05) is 13.8 Å². The van der Waals surface area contributed by atoms with Crippen molar-refractivity contribution in [2.75, 3.05) is 33.3 Å². The molecule has 0 radical (unpaired) electrons. The van der Waals surface area contributed by atoms with Gasteiger partial charge in [-0.05, 0) is 32.0 Å². The van der Waals surface area contributed by atoms with Gasteiger partial charge in [0.15, 0.2) is 5.75 Å². The Hall–Kier alpha value is -1.80. The van der Waals surface area contributed by atoms with Crippen LogP contribution >= 0.6 is 0 Å². The first-order valence-corrected chi connectivity index (χ1v) is 9.37. The van der Waals surface area contributed by atoms with Gasteiger partial charge in [-0.15, -0.1) is 0 Å². The fourth-order valence-electron chi connectivity index (χ4n) is 2.26. The number of methoxy groups -OCH3 is 1. The van der Waals surface area contributed by atoms with Crippen molar-refractivity contribution in [1.29, 1.82) is 0 Å². The van der Waals surface area contributed by atoms with E-state index in [-0.39, 0.29) is 30.3 Å². The Morgan fingerprint density at radius 1 is 1.04 bits per heavy atom. The lowest BCUT2D eigenvalue weighted by atomic mass is 10.1. The van der Waals surface area contributed by atoms with Gasteiger partial charge < -0.3 is 13.8 Å². The van der Waals surface area contributed by atoms with Crippen LogP contribution in [0.4, 0.5) is 0 Å². The highest BCUT2D eigenvalue weighted by Crippen LogP contribution is 2.27. The molecule has 1 rings (SSSR count). The van der Waals surface area contributed by atoms with Crippen LogP contribution in [0.25, 0.3) is 0 Å². The van der Waals surface area contributed by atoms with E-state index in [1.165, 1.54) is 23.5 Å². The SMILES string of the molecule is CCN(CC)C(=O)c1cc(OC)ccc1OS(=O)(=O)N(CC)CC. The molecular formula is C16H26N2O5S. The molecule has 8 heteroatoms. The average molecular weight is 358 g/mol. The number of amides is 1. The van der Waals surface area contributed by atoms with Gasteiger partial charge in [0, 0.05) is 26.2 Å². The van der Waals surface area contributed by atoms with Crippen LogP contribution in [0.3, 0.4) is 0 Å². The summed E-state index contributed by atoms with van der Waals surface area (Å²) in [6.07, 6.45) is 0. The molecule has 1 aromatic carbocycles. The van der Waals surface area contributed by atoms with Gasteiger partial charge >= 0.3 is 10.3 Å². The van der Waals surface area contributed by atoms with Gasteiger partial charge in [-0.2, -0.15) is 12.7 Å². The lowest BCUT2D eigenvalue weighted by molar-refractivity contribution is 0.0771. The van der Waals surface area contributed by atoms with E-state index in [0.29, 0.717) is 18.8 Å². The van der Waals surface area contributed by atoms with Crippen molar-refractivity contribution >= 4 is 16.2 Å². The number of carbonyl (C=O) groups is 1. The molecule has 0 spiro atoms. The van der Waals surface area contributed by atoms with Crippen LogP contribution in [-0.4, -0.2) is 56.8 Å². The predicted octanol–water partition coefficient (Wildman–Crippen LogP) is 2.14. The molecule has 0 unspecified atom stereocenters. The van der Waals surface area contributed by atoms with Crippen LogP contribution in [0.2, 0.25) is 0 Å². The lowest BCUT2D eigenvalue weighted by Gasteiger charge is -2.22. The van der Waals surface area contributed by atoms with E-state index in [0.717, 1.165) is 0 Å². The molecular weight excluding hydrogens is 332 g/mol. The zero-order valence-electron chi connectivity index (χ0n) is 14.9. The van der Waals surface area contributed by atoms with E-state index < -0.39 is 10.3 Å². The zero-order chi connectivity index (χ0) is 18.3. The standard InChI is InChI=1S/C16H26N2O5S/c1-6-17(7-2)16(19)14-12-13(22-5)10-11-15(14)23-24(20,21)18(8-3)9-4/h10-12H,6-9H2,1-5H3. The first kappa shape index (κ1) is 20.2. The van der Waals surface area contributed by atoms with Gasteiger partial charge in [0.1, 0.15) is 5.75 Å². The molecule has 1 aromatic rings. The van der Waals surface area contributed by atoms with Crippen LogP contribution in [0.1, 0.15) is 38.1 Å². The molecule has 0 aliphatic heterocycles. The minimum absolute atomic E-state index is 0.000370. The minimum atomic E-state index is -3.97. The van der Waals surface area contributed by atoms with Crippen molar-refractivity contribution in [3.63, 3.8) is 0 Å². The molecule has 0 saturated carbocycles. The van der Waals surface area contributed by atoms with Crippen molar-refractivity contribution in [1.82, 2.24) is 9.21 Å². The summed E-state index contributed by atoms with van der Waals surface area (Å²) in [6.45, 7) is 8.75. The first-order chi connectivity index (χ1) is 11.3. The second-order valence-electron chi connectivity index (χ2n) is 4.96. The highest BCUT2D eigenvalue weighted by atomic mass is 32.2. The molecule has 1 amide bonds. The number of ether oxygens (including phenoxy) is 1. The molecule has 136 valence electrons. The Labute approximate surface area is 144 Å². The Morgan fingerprint density at radius 3 is 2.08 bits per heavy atom. The molecule has 0 aliphatic rings. The fraction of sp³-hybridized carbons (Fsp3) is 0.562. The maximum absolute atomic E-state index is 12.7. The maximum Gasteiger partial charge on any atom is 0.385 e. The van der Waals surface area contributed by atoms with Crippen LogP contribution in [0.5, 0.6) is 11.5 Å². The smallest absolute Gasteiger partial charge is 0.385 e. The molecule has 0 fully saturated rings. The van der Waals surface area contributed by atoms with E-state index >= 15 is 0 Å². The van der Waals surface area contributed by atoms with Crippen LogP contribution in [-0.2, 0) is 10.3 Å². The maximum atomic E-state index is 12.7. The topological polar surface area (TPSA) is 76.1 Å². The van der Waals surface area contributed by atoms with Crippen LogP contribution in [0, 0.1) is 0 Å². The Bertz CT molecular complexity index is 652. The molecule has 0 heterocycles. The van der Waals surface area contributed by atoms with Gasteiger partial charge in [-0.3, -0.25) is 4.79 Å². The summed E-state index contributed by atoms with van der Waals surface area (Å²) >= 11 is 0. The van der Waals surface area contributed by atoms with Gasteiger partial charge in [-0.1, -0.05) is 13.8 Å². The third-order valence-electron chi connectivity index (χ3n) is 3.68. The summed E-state index contributed by atoms with van der Waals surface area (Å²) in [7, 11) is -2.49. The minimum Gasteiger partial charge on any atom is -0.497 e. The van der Waals surface area contributed by atoms with E-state index in [9.17, 15) is 13.2 Å². The van der Waals surface area contributed by atoms with Crippen molar-refractivity contribution in [3.8, 4) is 11.5 Å². The number of carbonyl (C=O) groups excluding carboxylic acids is 1. The molecule has 0 saturated heterocycles. The van der Waals surface area contributed by atoms with Crippen LogP contribution in [0.15, 0.2) is 18.2 Å². The summed E-state index contributed by atoms with van der Waals surface area (Å²) < 4.78 is 36.3. The molecule has 24 heavy (non-hydrogen) atoms. The summed E-state index contributed by atoms with van der Waals surface area (Å²) in [5.74, 6) is 0.154. The van der Waals surface area contributed by atoms with Crippen molar-refractivity contribution < 1.29 is 22.1 Å². The molecule has 0 N–H and O–H groups in total. The molecule has 0 aromatic heterocycles. The Kier molecular flexibility index (Phi) is 7.50. The van der Waals surface area contributed by atoms with Crippen LogP contribution < -0.4 is 8.92 Å². The quantitative estimate of drug-likeness (QED) is 0.676. The lowest BCUT2D eigenvalue weighted by Crippen LogP contribution is -2.35. The molecule has 0 atom stereocenters. The number of benzene rings is 1. The zero-order valence-corrected chi connectivity index (χ0v) is 15.7. The van der Waals surface area contributed by atoms with Crippen molar-refractivity contribution in [2.24, 2.45) is 0 Å². The largest absolute Gasteiger partial charge is 0.497 e. The number of hydrogen-bond donors (Lipinski definition) is 0. The number of nitrogens with zero attached hydrogens (tertiary/aromatic N) is 2. The van der Waals surface area contributed by atoms with E-state index in [2.05, 4.69) is 0 Å². The molecule has 7 nitrogen and oxygen atoms in total. The highest BCUT2D eigenvalue weighted by molar-refractivity contribution is 7.84. The van der Waals surface area contributed by atoms with Gasteiger partial charge in [0.05, 0.1) is 12.7 Å². The first-order valence-electron chi connectivity index (χ1n) is 8.01. The van der Waals surface area contributed by atoms with E-state index in [4.69, 9.17) is 8.92 Å².